The van der Waals surface area contributed by atoms with Gasteiger partial charge in [0.2, 0.25) is 0 Å². The smallest absolute Gasteiger partial charge is 0.0802 e. The van der Waals surface area contributed by atoms with Crippen LogP contribution in [0.1, 0.15) is 51.7 Å². The number of aliphatic hydroxyl groups excluding tert-OH is 1. The molecule has 114 valence electrons. The summed E-state index contributed by atoms with van der Waals surface area (Å²) in [6.07, 6.45) is 2.78. The molecule has 0 aliphatic carbocycles. The first kappa shape index (κ1) is 17.5. The number of aliphatic hydroxyl groups is 1. The Hall–Kier alpha value is -0.570. The van der Waals surface area contributed by atoms with E-state index < -0.39 is 6.10 Å². The Bertz CT molecular complexity index is 379. The van der Waals surface area contributed by atoms with E-state index in [9.17, 15) is 5.11 Å². The van der Waals surface area contributed by atoms with Crippen molar-refractivity contribution < 1.29 is 5.11 Å². The summed E-state index contributed by atoms with van der Waals surface area (Å²) < 4.78 is 0. The highest BCUT2D eigenvalue weighted by Gasteiger charge is 2.13. The largest absolute Gasteiger partial charge is 0.388 e. The lowest BCUT2D eigenvalue weighted by Crippen LogP contribution is -2.31. The Kier molecular flexibility index (Phi) is 8.20. The quantitative estimate of drug-likeness (QED) is 0.724. The minimum Gasteiger partial charge on any atom is -0.388 e. The van der Waals surface area contributed by atoms with Crippen molar-refractivity contribution in [2.75, 3.05) is 19.6 Å². The van der Waals surface area contributed by atoms with Gasteiger partial charge in [0.15, 0.2) is 0 Å². The number of halogens is 1. The van der Waals surface area contributed by atoms with Gasteiger partial charge in [0, 0.05) is 18.1 Å². The Morgan fingerprint density at radius 2 is 1.90 bits per heavy atom. The molecular formula is C17H28ClNO. The van der Waals surface area contributed by atoms with Crippen molar-refractivity contribution in [2.24, 2.45) is 5.92 Å². The van der Waals surface area contributed by atoms with Gasteiger partial charge >= 0.3 is 0 Å². The summed E-state index contributed by atoms with van der Waals surface area (Å²) in [7, 11) is 0. The fourth-order valence-corrected chi connectivity index (χ4v) is 2.67. The van der Waals surface area contributed by atoms with Gasteiger partial charge < -0.3 is 10.0 Å². The van der Waals surface area contributed by atoms with Crippen molar-refractivity contribution in [3.63, 3.8) is 0 Å². The molecule has 0 radical (unpaired) electrons. The standard InChI is InChI=1S/C17H28ClNO/c1-4-14(5-2)13-19(6-3)11-10-17(20)15-8-7-9-16(18)12-15/h7-9,12,14,17,20H,4-6,10-11,13H2,1-3H3. The zero-order chi connectivity index (χ0) is 15.0. The molecule has 0 aliphatic heterocycles. The maximum absolute atomic E-state index is 10.3. The van der Waals surface area contributed by atoms with Crippen molar-refractivity contribution in [1.82, 2.24) is 4.90 Å². The normalized spacial score (nSPS) is 13.2. The molecule has 1 N–H and O–H groups in total. The van der Waals surface area contributed by atoms with Crippen LogP contribution in [0.3, 0.4) is 0 Å². The third kappa shape index (κ3) is 5.82. The fraction of sp³-hybridized carbons (Fsp3) is 0.647. The summed E-state index contributed by atoms with van der Waals surface area (Å²) in [4.78, 5) is 2.44. The van der Waals surface area contributed by atoms with Crippen molar-refractivity contribution in [1.29, 1.82) is 0 Å². The number of hydrogen-bond acceptors (Lipinski definition) is 2. The lowest BCUT2D eigenvalue weighted by atomic mass is 10.0. The molecule has 0 aliphatic rings. The van der Waals surface area contributed by atoms with Crippen LogP contribution in [0.4, 0.5) is 0 Å². The molecule has 0 amide bonds. The summed E-state index contributed by atoms with van der Waals surface area (Å²) in [6.45, 7) is 9.80. The van der Waals surface area contributed by atoms with Gasteiger partial charge in [0.05, 0.1) is 6.10 Å². The van der Waals surface area contributed by atoms with Gasteiger partial charge in [-0.2, -0.15) is 0 Å². The van der Waals surface area contributed by atoms with Crippen molar-refractivity contribution >= 4 is 11.6 Å². The van der Waals surface area contributed by atoms with Crippen LogP contribution in [0.5, 0.6) is 0 Å². The molecule has 2 nitrogen and oxygen atoms in total. The highest BCUT2D eigenvalue weighted by atomic mass is 35.5. The van der Waals surface area contributed by atoms with Gasteiger partial charge in [-0.05, 0) is 36.6 Å². The van der Waals surface area contributed by atoms with Gasteiger partial charge in [0.1, 0.15) is 0 Å². The molecule has 1 rings (SSSR count). The van der Waals surface area contributed by atoms with Gasteiger partial charge in [0.25, 0.3) is 0 Å². The summed E-state index contributed by atoms with van der Waals surface area (Å²) in [5.41, 5.74) is 0.913. The average Bonchev–Trinajstić information content (AvgIpc) is 2.47. The van der Waals surface area contributed by atoms with Gasteiger partial charge in [-0.1, -0.05) is 57.3 Å². The molecule has 0 aromatic heterocycles. The summed E-state index contributed by atoms with van der Waals surface area (Å²) in [6, 6.07) is 7.52. The van der Waals surface area contributed by atoms with E-state index in [2.05, 4.69) is 25.7 Å². The lowest BCUT2D eigenvalue weighted by molar-refractivity contribution is 0.136. The first-order valence-electron chi connectivity index (χ1n) is 7.76. The molecule has 0 heterocycles. The maximum Gasteiger partial charge on any atom is 0.0802 e. The van der Waals surface area contributed by atoms with Crippen molar-refractivity contribution in [2.45, 2.75) is 46.1 Å². The summed E-state index contributed by atoms with van der Waals surface area (Å²) >= 11 is 5.96. The predicted molar refractivity (Wildman–Crippen MR) is 87.2 cm³/mol. The van der Waals surface area contributed by atoms with E-state index >= 15 is 0 Å². The van der Waals surface area contributed by atoms with Crippen LogP contribution < -0.4 is 0 Å². The van der Waals surface area contributed by atoms with Gasteiger partial charge in [-0.3, -0.25) is 0 Å². The third-order valence-corrected chi connectivity index (χ3v) is 4.31. The predicted octanol–water partition coefficient (Wildman–Crippen LogP) is 4.52. The number of rotatable bonds is 9. The second-order valence-corrected chi connectivity index (χ2v) is 5.87. The van der Waals surface area contributed by atoms with Gasteiger partial charge in [-0.25, -0.2) is 0 Å². The molecule has 0 saturated carbocycles. The Morgan fingerprint density at radius 1 is 1.20 bits per heavy atom. The molecule has 1 atom stereocenters. The molecule has 20 heavy (non-hydrogen) atoms. The molecule has 3 heteroatoms. The molecule has 0 saturated heterocycles. The van der Waals surface area contributed by atoms with Crippen LogP contribution in [0.15, 0.2) is 24.3 Å². The minimum absolute atomic E-state index is 0.426. The number of nitrogens with zero attached hydrogens (tertiary/aromatic N) is 1. The second-order valence-electron chi connectivity index (χ2n) is 5.44. The molecular weight excluding hydrogens is 270 g/mol. The van der Waals surface area contributed by atoms with Crippen LogP contribution in [0.2, 0.25) is 5.02 Å². The zero-order valence-electron chi connectivity index (χ0n) is 13.0. The monoisotopic (exact) mass is 297 g/mol. The van der Waals surface area contributed by atoms with E-state index in [1.165, 1.54) is 12.8 Å². The van der Waals surface area contributed by atoms with Crippen LogP contribution in [-0.4, -0.2) is 29.6 Å². The highest BCUT2D eigenvalue weighted by Crippen LogP contribution is 2.21. The molecule has 0 spiro atoms. The van der Waals surface area contributed by atoms with E-state index in [-0.39, 0.29) is 0 Å². The maximum atomic E-state index is 10.3. The summed E-state index contributed by atoms with van der Waals surface area (Å²) in [5, 5.41) is 10.9. The Morgan fingerprint density at radius 3 is 2.45 bits per heavy atom. The van der Waals surface area contributed by atoms with Crippen molar-refractivity contribution in [3.8, 4) is 0 Å². The van der Waals surface area contributed by atoms with Crippen LogP contribution >= 0.6 is 11.6 Å². The van der Waals surface area contributed by atoms with Gasteiger partial charge in [-0.15, -0.1) is 0 Å². The third-order valence-electron chi connectivity index (χ3n) is 4.07. The highest BCUT2D eigenvalue weighted by molar-refractivity contribution is 6.30. The van der Waals surface area contributed by atoms with E-state index in [1.54, 1.807) is 0 Å². The topological polar surface area (TPSA) is 23.5 Å². The second kappa shape index (κ2) is 9.38. The number of benzene rings is 1. The van der Waals surface area contributed by atoms with E-state index in [0.717, 1.165) is 37.5 Å². The number of hydrogen-bond donors (Lipinski definition) is 1. The molecule has 0 fully saturated rings. The summed E-state index contributed by atoms with van der Waals surface area (Å²) in [5.74, 6) is 0.762. The Labute approximate surface area is 128 Å². The van der Waals surface area contributed by atoms with E-state index in [1.807, 2.05) is 24.3 Å². The SMILES string of the molecule is CCC(CC)CN(CC)CCC(O)c1cccc(Cl)c1. The van der Waals surface area contributed by atoms with Crippen LogP contribution in [0, 0.1) is 5.92 Å². The zero-order valence-corrected chi connectivity index (χ0v) is 13.7. The van der Waals surface area contributed by atoms with Crippen molar-refractivity contribution in [3.05, 3.63) is 34.9 Å². The minimum atomic E-state index is -0.426. The molecule has 1 aromatic carbocycles. The molecule has 1 aromatic rings. The first-order valence-corrected chi connectivity index (χ1v) is 8.14. The van der Waals surface area contributed by atoms with Crippen LogP contribution in [0.25, 0.3) is 0 Å². The molecule has 0 bridgehead atoms. The average molecular weight is 298 g/mol. The van der Waals surface area contributed by atoms with E-state index in [0.29, 0.717) is 5.02 Å². The van der Waals surface area contributed by atoms with Crippen LogP contribution in [-0.2, 0) is 0 Å². The first-order chi connectivity index (χ1) is 9.60. The fourth-order valence-electron chi connectivity index (χ4n) is 2.48. The molecule has 1 unspecified atom stereocenters. The van der Waals surface area contributed by atoms with E-state index in [4.69, 9.17) is 11.6 Å². The lowest BCUT2D eigenvalue weighted by Gasteiger charge is -2.26. The Balaban J connectivity index is 2.47.